The van der Waals surface area contributed by atoms with Crippen LogP contribution in [-0.4, -0.2) is 36.1 Å². The van der Waals surface area contributed by atoms with Crippen molar-refractivity contribution >= 4 is 0 Å². The molecule has 2 heteroatoms. The summed E-state index contributed by atoms with van der Waals surface area (Å²) < 4.78 is 0. The Morgan fingerprint density at radius 2 is 1.89 bits per heavy atom. The lowest BCUT2D eigenvalue weighted by atomic mass is 9.73. The third-order valence-corrected chi connectivity index (χ3v) is 5.76. The summed E-state index contributed by atoms with van der Waals surface area (Å²) in [6.07, 6.45) is 11.4. The maximum absolute atomic E-state index is 4.03. The molecule has 3 fully saturated rings. The maximum Gasteiger partial charge on any atom is 0.0121 e. The molecule has 1 N–H and O–H groups in total. The molecule has 2 aliphatic heterocycles. The van der Waals surface area contributed by atoms with E-state index in [1.807, 2.05) is 0 Å². The molecule has 18 heavy (non-hydrogen) atoms. The molecular formula is C16H30N2. The zero-order valence-electron chi connectivity index (χ0n) is 12.3. The molecule has 0 aromatic rings. The highest BCUT2D eigenvalue weighted by molar-refractivity contribution is 4.94. The second kappa shape index (κ2) is 5.13. The Hall–Kier alpha value is -0.0800. The highest BCUT2D eigenvalue weighted by Crippen LogP contribution is 2.36. The first-order valence-electron chi connectivity index (χ1n) is 8.15. The van der Waals surface area contributed by atoms with Crippen LogP contribution in [0.3, 0.4) is 0 Å². The minimum atomic E-state index is 0.519. The minimum Gasteiger partial charge on any atom is -0.311 e. The number of nitrogens with zero attached hydrogens (tertiary/aromatic N) is 1. The first-order chi connectivity index (χ1) is 8.65. The number of fused-ring (bicyclic) bond motifs is 1. The summed E-state index contributed by atoms with van der Waals surface area (Å²) in [5, 5.41) is 4.03. The quantitative estimate of drug-likeness (QED) is 0.810. The molecule has 1 saturated carbocycles. The Kier molecular flexibility index (Phi) is 3.68. The zero-order valence-corrected chi connectivity index (χ0v) is 12.3. The predicted octanol–water partition coefficient (Wildman–Crippen LogP) is 3.17. The Bertz CT molecular complexity index is 287. The second-order valence-corrected chi connectivity index (χ2v) is 7.51. The second-order valence-electron chi connectivity index (χ2n) is 7.51. The molecule has 3 atom stereocenters. The van der Waals surface area contributed by atoms with E-state index in [4.69, 9.17) is 0 Å². The summed E-state index contributed by atoms with van der Waals surface area (Å²) in [5.41, 5.74) is 0.519. The van der Waals surface area contributed by atoms with Crippen molar-refractivity contribution in [1.82, 2.24) is 10.2 Å². The molecule has 0 aromatic heterocycles. The molecule has 2 nitrogen and oxygen atoms in total. The van der Waals surface area contributed by atoms with Crippen LogP contribution in [0, 0.1) is 5.41 Å². The van der Waals surface area contributed by atoms with Gasteiger partial charge in [-0.15, -0.1) is 0 Å². The lowest BCUT2D eigenvalue weighted by molar-refractivity contribution is 0.114. The van der Waals surface area contributed by atoms with Crippen LogP contribution < -0.4 is 5.32 Å². The Balaban J connectivity index is 1.56. The van der Waals surface area contributed by atoms with Gasteiger partial charge in [0.05, 0.1) is 0 Å². The van der Waals surface area contributed by atoms with E-state index in [1.54, 1.807) is 0 Å². The molecule has 0 amide bonds. The predicted molar refractivity (Wildman–Crippen MR) is 76.8 cm³/mol. The van der Waals surface area contributed by atoms with E-state index in [9.17, 15) is 0 Å². The lowest BCUT2D eigenvalue weighted by Gasteiger charge is -2.44. The van der Waals surface area contributed by atoms with Gasteiger partial charge in [0.15, 0.2) is 0 Å². The molecule has 3 rings (SSSR count). The fourth-order valence-electron chi connectivity index (χ4n) is 4.46. The fraction of sp³-hybridized carbons (Fsp3) is 1.00. The van der Waals surface area contributed by atoms with Gasteiger partial charge in [-0.2, -0.15) is 0 Å². The highest BCUT2D eigenvalue weighted by atomic mass is 15.2. The van der Waals surface area contributed by atoms with Gasteiger partial charge in [0.2, 0.25) is 0 Å². The van der Waals surface area contributed by atoms with Crippen LogP contribution in [0.2, 0.25) is 0 Å². The monoisotopic (exact) mass is 250 g/mol. The summed E-state index contributed by atoms with van der Waals surface area (Å²) in [6.45, 7) is 7.64. The van der Waals surface area contributed by atoms with Gasteiger partial charge in [-0.25, -0.2) is 0 Å². The van der Waals surface area contributed by atoms with Crippen molar-refractivity contribution in [1.29, 1.82) is 0 Å². The summed E-state index contributed by atoms with van der Waals surface area (Å²) in [7, 11) is 0. The van der Waals surface area contributed by atoms with Crippen molar-refractivity contribution in [2.75, 3.05) is 13.1 Å². The number of piperidine rings is 1. The van der Waals surface area contributed by atoms with Gasteiger partial charge in [-0.05, 0) is 57.0 Å². The molecule has 0 aromatic carbocycles. The number of hydrogen-bond acceptors (Lipinski definition) is 2. The van der Waals surface area contributed by atoms with Gasteiger partial charge in [0.1, 0.15) is 0 Å². The fourth-order valence-corrected chi connectivity index (χ4v) is 4.46. The molecule has 3 unspecified atom stereocenters. The van der Waals surface area contributed by atoms with Gasteiger partial charge in [0.25, 0.3) is 0 Å². The first-order valence-corrected chi connectivity index (χ1v) is 8.15. The Morgan fingerprint density at radius 1 is 1.00 bits per heavy atom. The average Bonchev–Trinajstić information content (AvgIpc) is 2.79. The maximum atomic E-state index is 4.03. The number of hydrogen-bond donors (Lipinski definition) is 1. The van der Waals surface area contributed by atoms with E-state index in [2.05, 4.69) is 24.1 Å². The molecule has 2 heterocycles. The van der Waals surface area contributed by atoms with E-state index >= 15 is 0 Å². The molecule has 2 saturated heterocycles. The van der Waals surface area contributed by atoms with Crippen LogP contribution in [0.25, 0.3) is 0 Å². The molecule has 1 aliphatic carbocycles. The van der Waals surface area contributed by atoms with Crippen molar-refractivity contribution in [3.05, 3.63) is 0 Å². The SMILES string of the molecule is CC1(C)CCCCC1NC1CCN2CCCC2C1. The molecule has 104 valence electrons. The van der Waals surface area contributed by atoms with Crippen molar-refractivity contribution in [3.63, 3.8) is 0 Å². The third kappa shape index (κ3) is 2.60. The normalized spacial score (nSPS) is 40.7. The van der Waals surface area contributed by atoms with Gasteiger partial charge in [0, 0.05) is 18.1 Å². The van der Waals surface area contributed by atoms with Gasteiger partial charge < -0.3 is 10.2 Å². The molecular weight excluding hydrogens is 220 g/mol. The molecule has 3 aliphatic rings. The summed E-state index contributed by atoms with van der Waals surface area (Å²) in [5.74, 6) is 0. The topological polar surface area (TPSA) is 15.3 Å². The molecule has 0 bridgehead atoms. The van der Waals surface area contributed by atoms with Crippen molar-refractivity contribution in [3.8, 4) is 0 Å². The van der Waals surface area contributed by atoms with Crippen molar-refractivity contribution in [2.24, 2.45) is 5.41 Å². The van der Waals surface area contributed by atoms with E-state index < -0.39 is 0 Å². The minimum absolute atomic E-state index is 0.519. The summed E-state index contributed by atoms with van der Waals surface area (Å²) in [4.78, 5) is 2.73. The van der Waals surface area contributed by atoms with Crippen LogP contribution >= 0.6 is 0 Å². The molecule has 0 radical (unpaired) electrons. The summed E-state index contributed by atoms with van der Waals surface area (Å²) in [6, 6.07) is 2.47. The average molecular weight is 250 g/mol. The number of rotatable bonds is 2. The first kappa shape index (κ1) is 12.9. The summed E-state index contributed by atoms with van der Waals surface area (Å²) >= 11 is 0. The van der Waals surface area contributed by atoms with Gasteiger partial charge in [-0.3, -0.25) is 0 Å². The van der Waals surface area contributed by atoms with Gasteiger partial charge >= 0.3 is 0 Å². The van der Waals surface area contributed by atoms with E-state index in [1.165, 1.54) is 64.5 Å². The largest absolute Gasteiger partial charge is 0.311 e. The van der Waals surface area contributed by atoms with E-state index in [0.717, 1.165) is 18.1 Å². The molecule has 0 spiro atoms. The third-order valence-electron chi connectivity index (χ3n) is 5.76. The van der Waals surface area contributed by atoms with Gasteiger partial charge in [-0.1, -0.05) is 26.7 Å². The van der Waals surface area contributed by atoms with Crippen LogP contribution in [0.4, 0.5) is 0 Å². The lowest BCUT2D eigenvalue weighted by Crippen LogP contribution is -2.53. The smallest absolute Gasteiger partial charge is 0.0121 e. The standard InChI is InChI=1S/C16H30N2/c1-16(2)9-4-3-7-15(16)17-13-8-11-18-10-5-6-14(18)12-13/h13-15,17H,3-12H2,1-2H3. The van der Waals surface area contributed by atoms with Crippen LogP contribution in [0.5, 0.6) is 0 Å². The highest BCUT2D eigenvalue weighted by Gasteiger charge is 2.36. The van der Waals surface area contributed by atoms with E-state index in [-0.39, 0.29) is 0 Å². The number of nitrogens with one attached hydrogen (secondary N) is 1. The van der Waals surface area contributed by atoms with Crippen LogP contribution in [0.1, 0.15) is 65.2 Å². The van der Waals surface area contributed by atoms with Crippen LogP contribution in [-0.2, 0) is 0 Å². The van der Waals surface area contributed by atoms with Crippen molar-refractivity contribution < 1.29 is 0 Å². The van der Waals surface area contributed by atoms with Crippen molar-refractivity contribution in [2.45, 2.75) is 83.3 Å². The Labute approximate surface area is 113 Å². The zero-order chi connectivity index (χ0) is 12.6. The Morgan fingerprint density at radius 3 is 2.72 bits per heavy atom. The van der Waals surface area contributed by atoms with E-state index in [0.29, 0.717) is 5.41 Å². The van der Waals surface area contributed by atoms with Crippen LogP contribution in [0.15, 0.2) is 0 Å².